The van der Waals surface area contributed by atoms with Crippen LogP contribution in [0.4, 0.5) is 0 Å². The molecular formula is C13H20N4O3. The van der Waals surface area contributed by atoms with Crippen LogP contribution in [0.5, 0.6) is 0 Å². The van der Waals surface area contributed by atoms with Crippen molar-refractivity contribution >= 4 is 11.2 Å². The average Bonchev–Trinajstić information content (AvgIpc) is 2.96. The van der Waals surface area contributed by atoms with E-state index >= 15 is 0 Å². The molecule has 110 valence electrons. The normalized spacial score (nSPS) is 22.4. The Kier molecular flexibility index (Phi) is 1.89. The largest absolute Gasteiger partial charge is 0.393 e. The van der Waals surface area contributed by atoms with Crippen molar-refractivity contribution in [3.63, 3.8) is 0 Å². The molecule has 0 aromatic carbocycles. The lowest BCUT2D eigenvalue weighted by Gasteiger charge is -2.09. The van der Waals surface area contributed by atoms with Crippen LogP contribution in [0, 0.1) is 0 Å². The molecule has 1 N–H and O–H groups in total. The standard InChI is InChI=1S/C13H20N4O3/c1-9(18)6-4-5-7-17-12(19)10-11(14-8-15(10)2)16(3)13(17)20/h8-9,18H,4-7H2,1-3H3/i1D3,4D2,5D2,6D2. The molecule has 0 radical (unpaired) electrons. The van der Waals surface area contributed by atoms with Gasteiger partial charge in [0.15, 0.2) is 11.2 Å². The van der Waals surface area contributed by atoms with Crippen LogP contribution < -0.4 is 11.2 Å². The number of aliphatic hydroxyl groups is 1. The predicted octanol–water partition coefficient (Wildman–Crippen LogP) is -0.0152. The first-order valence-electron chi connectivity index (χ1n) is 10.2. The van der Waals surface area contributed by atoms with E-state index < -0.39 is 49.9 Å². The SMILES string of the molecule is [2H]C([2H])([2H])C(O)C([2H])([2H])C([2H])([2H])C([2H])([2H])Cn1c(=O)c2c(ncn2C)n(C)c1=O. The highest BCUT2D eigenvalue weighted by molar-refractivity contribution is 5.69. The summed E-state index contributed by atoms with van der Waals surface area (Å²) in [4.78, 5) is 29.1. The van der Waals surface area contributed by atoms with Crippen LogP contribution in [0.15, 0.2) is 15.9 Å². The van der Waals surface area contributed by atoms with Gasteiger partial charge in [-0.25, -0.2) is 9.78 Å². The van der Waals surface area contributed by atoms with Crippen molar-refractivity contribution in [1.29, 1.82) is 0 Å². The molecule has 7 nitrogen and oxygen atoms in total. The minimum Gasteiger partial charge on any atom is -0.393 e. The summed E-state index contributed by atoms with van der Waals surface area (Å²) in [6, 6.07) is 0. The van der Waals surface area contributed by atoms with E-state index in [0.717, 1.165) is 4.57 Å². The minimum absolute atomic E-state index is 0.0236. The molecule has 7 heteroatoms. The monoisotopic (exact) mass is 289 g/mol. The van der Waals surface area contributed by atoms with Crippen LogP contribution in [0.3, 0.4) is 0 Å². The van der Waals surface area contributed by atoms with Gasteiger partial charge < -0.3 is 9.67 Å². The van der Waals surface area contributed by atoms with Gasteiger partial charge in [-0.05, 0) is 26.0 Å². The van der Waals surface area contributed by atoms with Gasteiger partial charge in [-0.1, -0.05) is 0 Å². The third kappa shape index (κ3) is 2.53. The molecule has 0 saturated heterocycles. The van der Waals surface area contributed by atoms with Gasteiger partial charge >= 0.3 is 5.69 Å². The fourth-order valence-electron chi connectivity index (χ4n) is 1.77. The van der Waals surface area contributed by atoms with E-state index in [9.17, 15) is 14.7 Å². The molecular weight excluding hydrogens is 260 g/mol. The zero-order chi connectivity index (χ0) is 22.7. The summed E-state index contributed by atoms with van der Waals surface area (Å²) in [6.45, 7) is -4.55. The van der Waals surface area contributed by atoms with Crippen LogP contribution in [-0.2, 0) is 20.6 Å². The van der Waals surface area contributed by atoms with Crippen LogP contribution >= 0.6 is 0 Å². The van der Waals surface area contributed by atoms with Crippen LogP contribution in [-0.4, -0.2) is 29.9 Å². The second kappa shape index (κ2) is 5.62. The molecule has 0 saturated carbocycles. The van der Waals surface area contributed by atoms with Gasteiger partial charge in [0.05, 0.1) is 12.4 Å². The Bertz CT molecular complexity index is 1050. The molecule has 0 bridgehead atoms. The summed E-state index contributed by atoms with van der Waals surface area (Å²) in [5.74, 6) is 0. The number of aryl methyl sites for hydroxylation is 2. The number of hydrogen-bond acceptors (Lipinski definition) is 4. The molecule has 0 fully saturated rings. The molecule has 2 aromatic heterocycles. The number of aliphatic hydroxyl groups excluding tert-OH is 1. The smallest absolute Gasteiger partial charge is 0.332 e. The zero-order valence-corrected chi connectivity index (χ0v) is 10.9. The van der Waals surface area contributed by atoms with Gasteiger partial charge in [0.2, 0.25) is 0 Å². The van der Waals surface area contributed by atoms with Crippen molar-refractivity contribution in [3.05, 3.63) is 27.2 Å². The highest BCUT2D eigenvalue weighted by atomic mass is 16.3. The lowest BCUT2D eigenvalue weighted by molar-refractivity contribution is 0.180. The summed E-state index contributed by atoms with van der Waals surface area (Å²) in [6.07, 6.45) is -12.0. The number of rotatable bonds is 5. The second-order valence-electron chi connectivity index (χ2n) is 4.11. The van der Waals surface area contributed by atoms with E-state index in [4.69, 9.17) is 12.3 Å². The zero-order valence-electron chi connectivity index (χ0n) is 19.9. The Morgan fingerprint density at radius 1 is 1.45 bits per heavy atom. The third-order valence-electron chi connectivity index (χ3n) is 2.74. The lowest BCUT2D eigenvalue weighted by atomic mass is 10.2. The highest BCUT2D eigenvalue weighted by Gasteiger charge is 2.14. The van der Waals surface area contributed by atoms with Crippen molar-refractivity contribution in [2.45, 2.75) is 38.6 Å². The number of nitrogens with zero attached hydrogens (tertiary/aromatic N) is 4. The van der Waals surface area contributed by atoms with Crippen LogP contribution in [0.2, 0.25) is 0 Å². The van der Waals surface area contributed by atoms with Crippen molar-refractivity contribution < 1.29 is 17.4 Å². The summed E-state index contributed by atoms with van der Waals surface area (Å²) >= 11 is 0. The van der Waals surface area contributed by atoms with Crippen molar-refractivity contribution in [2.75, 3.05) is 0 Å². The number of hydrogen-bond donors (Lipinski definition) is 1. The maximum atomic E-state index is 12.7. The first kappa shape index (κ1) is 6.71. The van der Waals surface area contributed by atoms with Gasteiger partial charge in [-0.2, -0.15) is 0 Å². The minimum atomic E-state index is -3.60. The summed E-state index contributed by atoms with van der Waals surface area (Å²) in [5.41, 5.74) is -2.03. The summed E-state index contributed by atoms with van der Waals surface area (Å²) in [7, 11) is 2.74. The molecule has 1 atom stereocenters. The van der Waals surface area contributed by atoms with E-state index in [1.165, 1.54) is 25.0 Å². The Labute approximate surface area is 128 Å². The Hall–Kier alpha value is -1.89. The van der Waals surface area contributed by atoms with Crippen molar-refractivity contribution in [1.82, 2.24) is 18.7 Å². The van der Waals surface area contributed by atoms with Crippen LogP contribution in [0.1, 0.15) is 38.3 Å². The van der Waals surface area contributed by atoms with Crippen molar-refractivity contribution in [2.24, 2.45) is 14.1 Å². The summed E-state index contributed by atoms with van der Waals surface area (Å²) in [5, 5.41) is 9.79. The van der Waals surface area contributed by atoms with Gasteiger partial charge in [0, 0.05) is 33.0 Å². The van der Waals surface area contributed by atoms with Crippen LogP contribution in [0.25, 0.3) is 11.2 Å². The molecule has 0 aliphatic heterocycles. The van der Waals surface area contributed by atoms with E-state index in [2.05, 4.69) is 4.98 Å². The first-order chi connectivity index (χ1) is 12.9. The van der Waals surface area contributed by atoms with E-state index in [1.807, 2.05) is 0 Å². The topological polar surface area (TPSA) is 82.1 Å². The summed E-state index contributed by atoms with van der Waals surface area (Å²) < 4.78 is 71.5. The molecule has 0 aliphatic rings. The van der Waals surface area contributed by atoms with Gasteiger partial charge in [-0.3, -0.25) is 13.9 Å². The molecule has 2 rings (SSSR count). The lowest BCUT2D eigenvalue weighted by Crippen LogP contribution is -2.39. The second-order valence-corrected chi connectivity index (χ2v) is 4.11. The molecule has 2 heterocycles. The quantitative estimate of drug-likeness (QED) is 0.839. The molecule has 0 spiro atoms. The first-order valence-corrected chi connectivity index (χ1v) is 5.67. The predicted molar refractivity (Wildman–Crippen MR) is 75.7 cm³/mol. The molecule has 2 aromatic rings. The fourth-order valence-corrected chi connectivity index (χ4v) is 1.77. The number of fused-ring (bicyclic) bond motifs is 1. The highest BCUT2D eigenvalue weighted by Crippen LogP contribution is 2.04. The number of aromatic nitrogens is 4. The van der Waals surface area contributed by atoms with E-state index in [-0.39, 0.29) is 11.2 Å². The van der Waals surface area contributed by atoms with Gasteiger partial charge in [-0.15, -0.1) is 0 Å². The molecule has 1 unspecified atom stereocenters. The number of imidazole rings is 1. The fraction of sp³-hybridized carbons (Fsp3) is 0.615. The van der Waals surface area contributed by atoms with Gasteiger partial charge in [0.25, 0.3) is 5.56 Å². The third-order valence-corrected chi connectivity index (χ3v) is 2.74. The maximum absolute atomic E-state index is 12.7. The van der Waals surface area contributed by atoms with Crippen molar-refractivity contribution in [3.8, 4) is 0 Å². The van der Waals surface area contributed by atoms with Gasteiger partial charge in [0.1, 0.15) is 0 Å². The van der Waals surface area contributed by atoms with E-state index in [0.29, 0.717) is 4.57 Å². The molecule has 20 heavy (non-hydrogen) atoms. The Balaban J connectivity index is 2.63. The Morgan fingerprint density at radius 2 is 2.20 bits per heavy atom. The molecule has 0 aliphatic carbocycles. The van der Waals surface area contributed by atoms with E-state index in [1.54, 1.807) is 0 Å². The maximum Gasteiger partial charge on any atom is 0.332 e. The molecule has 0 amide bonds. The average molecular weight is 289 g/mol. The Morgan fingerprint density at radius 3 is 2.90 bits per heavy atom.